The number of aliphatic hydroxyl groups excluding tert-OH is 2. The fraction of sp³-hybridized carbons (Fsp3) is 0.312. The van der Waals surface area contributed by atoms with E-state index in [-0.39, 0.29) is 12.4 Å². The lowest BCUT2D eigenvalue weighted by Gasteiger charge is -2.18. The molecule has 0 spiro atoms. The Hall–Kier alpha value is -2.51. The van der Waals surface area contributed by atoms with Gasteiger partial charge in [-0.3, -0.25) is 4.57 Å². The minimum Gasteiger partial charge on any atom is -0.388 e. The molecule has 3 aromatic heterocycles. The first-order valence-corrected chi connectivity index (χ1v) is 8.48. The number of anilines is 1. The third kappa shape index (κ3) is 2.56. The van der Waals surface area contributed by atoms with Gasteiger partial charge in [0.25, 0.3) is 0 Å². The zero-order valence-corrected chi connectivity index (χ0v) is 14.1. The van der Waals surface area contributed by atoms with Crippen LogP contribution in [0.3, 0.4) is 0 Å². The zero-order valence-electron chi connectivity index (χ0n) is 13.2. The summed E-state index contributed by atoms with van der Waals surface area (Å²) in [6.45, 7) is 1.69. The van der Waals surface area contributed by atoms with E-state index < -0.39 is 18.4 Å². The third-order valence-corrected chi connectivity index (χ3v) is 4.79. The molecule has 4 N–H and O–H groups in total. The van der Waals surface area contributed by atoms with E-state index in [4.69, 9.17) is 10.5 Å². The van der Waals surface area contributed by atoms with Crippen molar-refractivity contribution in [2.75, 3.05) is 12.3 Å². The van der Waals surface area contributed by atoms with Crippen LogP contribution in [0.4, 0.5) is 5.82 Å². The molecule has 0 aliphatic carbocycles. The summed E-state index contributed by atoms with van der Waals surface area (Å²) >= 11 is 1.49. The highest BCUT2D eigenvalue weighted by atomic mass is 32.1. The normalized spacial score (nSPS) is 22.9. The minimum absolute atomic E-state index is 0.0167. The van der Waals surface area contributed by atoms with Crippen molar-refractivity contribution in [1.82, 2.24) is 19.5 Å². The molecule has 0 saturated carbocycles. The maximum atomic E-state index is 10.3. The van der Waals surface area contributed by atoms with Gasteiger partial charge in [0, 0.05) is 0 Å². The van der Waals surface area contributed by atoms with Gasteiger partial charge in [0.2, 0.25) is 0 Å². The standard InChI is InChI=1S/C16H15N5O3S/c1-2-4-10-18-11-13(17)19-14(9-5-3-6-25-9)20-15(11)21(10)16-12(23)8(22)7-24-16/h3,5-6,8,12,16,22-23H,7H2,1H3,(H2,17,19,20)/t8-,12-,16-/m1/s1. The van der Waals surface area contributed by atoms with Gasteiger partial charge in [0.1, 0.15) is 12.2 Å². The summed E-state index contributed by atoms with van der Waals surface area (Å²) in [6.07, 6.45) is -2.95. The van der Waals surface area contributed by atoms with Crippen LogP contribution >= 0.6 is 11.3 Å². The molecule has 1 saturated heterocycles. The van der Waals surface area contributed by atoms with E-state index in [1.54, 1.807) is 11.5 Å². The second-order valence-corrected chi connectivity index (χ2v) is 6.49. The number of imidazole rings is 1. The molecule has 128 valence electrons. The summed E-state index contributed by atoms with van der Waals surface area (Å²) in [7, 11) is 0. The number of rotatable bonds is 2. The lowest BCUT2D eigenvalue weighted by Crippen LogP contribution is -2.29. The van der Waals surface area contributed by atoms with Crippen LogP contribution in [-0.4, -0.2) is 48.5 Å². The molecule has 1 aliphatic heterocycles. The van der Waals surface area contributed by atoms with Gasteiger partial charge < -0.3 is 20.7 Å². The Kier molecular flexibility index (Phi) is 3.89. The number of nitrogens with two attached hydrogens (primary N) is 1. The van der Waals surface area contributed by atoms with E-state index >= 15 is 0 Å². The predicted octanol–water partition coefficient (Wildman–Crippen LogP) is 0.759. The van der Waals surface area contributed by atoms with Crippen LogP contribution in [0.2, 0.25) is 0 Å². The maximum absolute atomic E-state index is 10.3. The largest absolute Gasteiger partial charge is 0.388 e. The summed E-state index contributed by atoms with van der Waals surface area (Å²) in [5.41, 5.74) is 6.87. The lowest BCUT2D eigenvalue weighted by molar-refractivity contribution is -0.0167. The van der Waals surface area contributed by atoms with E-state index in [1.165, 1.54) is 11.3 Å². The number of nitrogen functional groups attached to an aromatic ring is 1. The van der Waals surface area contributed by atoms with Crippen LogP contribution in [-0.2, 0) is 4.74 Å². The summed E-state index contributed by atoms with van der Waals surface area (Å²) in [5.74, 6) is 6.68. The Morgan fingerprint density at radius 3 is 2.84 bits per heavy atom. The second kappa shape index (κ2) is 6.09. The molecule has 0 amide bonds. The van der Waals surface area contributed by atoms with E-state index in [1.807, 2.05) is 17.5 Å². The molecular formula is C16H15N5O3S. The fourth-order valence-electron chi connectivity index (χ4n) is 2.76. The molecule has 4 heterocycles. The number of hydrogen-bond acceptors (Lipinski definition) is 8. The summed E-state index contributed by atoms with van der Waals surface area (Å²) in [5, 5.41) is 22.0. The van der Waals surface area contributed by atoms with Crippen LogP contribution in [0.15, 0.2) is 17.5 Å². The number of aliphatic hydroxyl groups is 2. The van der Waals surface area contributed by atoms with Gasteiger partial charge in [-0.15, -0.1) is 11.3 Å². The lowest BCUT2D eigenvalue weighted by atomic mass is 10.2. The molecule has 8 nitrogen and oxygen atoms in total. The Morgan fingerprint density at radius 1 is 1.36 bits per heavy atom. The molecule has 0 aromatic carbocycles. The first kappa shape index (κ1) is 16.0. The predicted molar refractivity (Wildman–Crippen MR) is 92.6 cm³/mol. The third-order valence-electron chi connectivity index (χ3n) is 3.92. The molecular weight excluding hydrogens is 342 g/mol. The average Bonchev–Trinajstić information content (AvgIpc) is 3.30. The van der Waals surface area contributed by atoms with Gasteiger partial charge in [-0.05, 0) is 24.3 Å². The Labute approximate surface area is 146 Å². The highest BCUT2D eigenvalue weighted by Gasteiger charge is 2.38. The van der Waals surface area contributed by atoms with E-state index in [0.29, 0.717) is 22.8 Å². The van der Waals surface area contributed by atoms with Gasteiger partial charge in [-0.25, -0.2) is 15.0 Å². The number of thiophene rings is 1. The quantitative estimate of drug-likeness (QED) is 0.579. The first-order chi connectivity index (χ1) is 12.1. The van der Waals surface area contributed by atoms with Crippen LogP contribution in [0.1, 0.15) is 19.0 Å². The number of nitrogens with zero attached hydrogens (tertiary/aromatic N) is 4. The Morgan fingerprint density at radius 2 is 2.20 bits per heavy atom. The number of fused-ring (bicyclic) bond motifs is 1. The summed E-state index contributed by atoms with van der Waals surface area (Å²) < 4.78 is 7.12. The van der Waals surface area contributed by atoms with Crippen LogP contribution in [0, 0.1) is 11.8 Å². The van der Waals surface area contributed by atoms with Crippen molar-refractivity contribution in [3.05, 3.63) is 23.3 Å². The number of ether oxygens (including phenoxy) is 1. The van der Waals surface area contributed by atoms with Gasteiger partial charge in [0.15, 0.2) is 34.9 Å². The van der Waals surface area contributed by atoms with Crippen LogP contribution in [0.25, 0.3) is 21.9 Å². The number of hydrogen-bond donors (Lipinski definition) is 3. The average molecular weight is 357 g/mol. The zero-order chi connectivity index (χ0) is 17.6. The highest BCUT2D eigenvalue weighted by Crippen LogP contribution is 2.32. The van der Waals surface area contributed by atoms with Crippen molar-refractivity contribution < 1.29 is 14.9 Å². The van der Waals surface area contributed by atoms with Gasteiger partial charge in [-0.2, -0.15) is 0 Å². The molecule has 0 unspecified atom stereocenters. The SMILES string of the molecule is CC#Cc1nc2c(N)nc(-c3cccs3)nc2n1[C@@H]1OC[C@@H](O)[C@H]1O. The molecule has 25 heavy (non-hydrogen) atoms. The first-order valence-electron chi connectivity index (χ1n) is 7.60. The van der Waals surface area contributed by atoms with Crippen molar-refractivity contribution in [3.63, 3.8) is 0 Å². The highest BCUT2D eigenvalue weighted by molar-refractivity contribution is 7.13. The van der Waals surface area contributed by atoms with Gasteiger partial charge in [0.05, 0.1) is 11.5 Å². The van der Waals surface area contributed by atoms with Gasteiger partial charge in [-0.1, -0.05) is 12.0 Å². The summed E-state index contributed by atoms with van der Waals surface area (Å²) in [6, 6.07) is 3.79. The number of aromatic nitrogens is 4. The van der Waals surface area contributed by atoms with Crippen LogP contribution < -0.4 is 5.73 Å². The van der Waals surface area contributed by atoms with E-state index in [9.17, 15) is 10.2 Å². The van der Waals surface area contributed by atoms with Gasteiger partial charge >= 0.3 is 0 Å². The Balaban J connectivity index is 1.97. The molecule has 0 radical (unpaired) electrons. The second-order valence-electron chi connectivity index (χ2n) is 5.54. The van der Waals surface area contributed by atoms with Crippen molar-refractivity contribution in [2.45, 2.75) is 25.4 Å². The smallest absolute Gasteiger partial charge is 0.189 e. The maximum Gasteiger partial charge on any atom is 0.189 e. The topological polar surface area (TPSA) is 119 Å². The monoisotopic (exact) mass is 357 g/mol. The fourth-order valence-corrected chi connectivity index (χ4v) is 3.42. The molecule has 3 atom stereocenters. The van der Waals surface area contributed by atoms with Crippen LogP contribution in [0.5, 0.6) is 0 Å². The van der Waals surface area contributed by atoms with Crippen molar-refractivity contribution in [1.29, 1.82) is 0 Å². The van der Waals surface area contributed by atoms with Crippen molar-refractivity contribution in [2.24, 2.45) is 0 Å². The Bertz CT molecular complexity index is 989. The molecule has 1 aliphatic rings. The molecule has 0 bridgehead atoms. The van der Waals surface area contributed by atoms with E-state index in [2.05, 4.69) is 26.8 Å². The summed E-state index contributed by atoms with van der Waals surface area (Å²) in [4.78, 5) is 14.1. The van der Waals surface area contributed by atoms with Crippen molar-refractivity contribution in [3.8, 4) is 22.5 Å². The molecule has 3 aromatic rings. The molecule has 1 fully saturated rings. The molecule has 9 heteroatoms. The minimum atomic E-state index is -1.11. The van der Waals surface area contributed by atoms with E-state index in [0.717, 1.165) is 4.88 Å². The van der Waals surface area contributed by atoms with Crippen molar-refractivity contribution >= 4 is 28.3 Å². The molecule has 4 rings (SSSR count).